The van der Waals surface area contributed by atoms with Gasteiger partial charge < -0.3 is 15.4 Å². The molecule has 8 heteroatoms. The number of halogens is 3. The molecule has 0 spiro atoms. The highest BCUT2D eigenvalue weighted by atomic mass is 19.4. The van der Waals surface area contributed by atoms with Crippen LogP contribution >= 0.6 is 0 Å². The lowest BCUT2D eigenvalue weighted by molar-refractivity contribution is -0.140. The molecule has 0 saturated heterocycles. The highest BCUT2D eigenvalue weighted by Gasteiger charge is 2.28. The third-order valence-corrected chi connectivity index (χ3v) is 3.11. The molecule has 2 amide bonds. The third kappa shape index (κ3) is 7.85. The molecule has 1 rings (SSSR count). The number of aryl methyl sites for hydroxylation is 1. The Morgan fingerprint density at radius 1 is 1.21 bits per heavy atom. The average molecular weight is 346 g/mol. The van der Waals surface area contributed by atoms with Crippen LogP contribution in [0.3, 0.4) is 0 Å². The number of rotatable bonds is 8. The minimum absolute atomic E-state index is 0.130. The quantitative estimate of drug-likeness (QED) is 0.758. The van der Waals surface area contributed by atoms with E-state index >= 15 is 0 Å². The summed E-state index contributed by atoms with van der Waals surface area (Å²) in [6.07, 6.45) is -3.90. The molecule has 1 aromatic rings. The first-order valence-electron chi connectivity index (χ1n) is 7.57. The predicted molar refractivity (Wildman–Crippen MR) is 82.6 cm³/mol. The molecule has 0 fully saturated rings. The van der Waals surface area contributed by atoms with Gasteiger partial charge in [0.15, 0.2) is 0 Å². The molecule has 0 aromatic heterocycles. The first-order valence-corrected chi connectivity index (χ1v) is 7.57. The summed E-state index contributed by atoms with van der Waals surface area (Å²) in [6, 6.07) is 6.23. The van der Waals surface area contributed by atoms with Crippen molar-refractivity contribution in [2.75, 3.05) is 13.2 Å². The van der Waals surface area contributed by atoms with E-state index in [-0.39, 0.29) is 6.42 Å². The maximum atomic E-state index is 12.0. The molecule has 1 unspecified atom stereocenters. The van der Waals surface area contributed by atoms with Gasteiger partial charge in [0.05, 0.1) is 6.61 Å². The second-order valence-electron chi connectivity index (χ2n) is 5.20. The summed E-state index contributed by atoms with van der Waals surface area (Å²) in [5.74, 6) is -0.541. The molecule has 0 heterocycles. The lowest BCUT2D eigenvalue weighted by atomic mass is 10.1. The maximum absolute atomic E-state index is 12.0. The number of hydrogen-bond donors (Lipinski definition) is 2. The topological polar surface area (TPSA) is 67.4 Å². The van der Waals surface area contributed by atoms with E-state index in [0.29, 0.717) is 13.0 Å². The Hall–Kier alpha value is -2.25. The lowest BCUT2D eigenvalue weighted by Gasteiger charge is -2.15. The van der Waals surface area contributed by atoms with Gasteiger partial charge in [-0.05, 0) is 38.0 Å². The van der Waals surface area contributed by atoms with Gasteiger partial charge in [-0.25, -0.2) is 0 Å². The van der Waals surface area contributed by atoms with Gasteiger partial charge in [-0.3, -0.25) is 9.59 Å². The molecule has 0 aliphatic rings. The molecular weight excluding hydrogens is 325 g/mol. The Balaban J connectivity index is 2.35. The smallest absolute Gasteiger partial charge is 0.405 e. The van der Waals surface area contributed by atoms with E-state index in [4.69, 9.17) is 4.74 Å². The Morgan fingerprint density at radius 3 is 2.38 bits per heavy atom. The van der Waals surface area contributed by atoms with E-state index in [9.17, 15) is 22.8 Å². The van der Waals surface area contributed by atoms with E-state index in [1.165, 1.54) is 6.92 Å². The van der Waals surface area contributed by atoms with Gasteiger partial charge in [0.1, 0.15) is 18.3 Å². The minimum Gasteiger partial charge on any atom is -0.494 e. The number of carbonyl (C=O) groups is 2. The van der Waals surface area contributed by atoms with E-state index in [1.54, 1.807) is 17.4 Å². The molecule has 0 radical (unpaired) electrons. The van der Waals surface area contributed by atoms with Crippen molar-refractivity contribution in [3.05, 3.63) is 29.8 Å². The minimum atomic E-state index is -4.48. The number of nitrogens with one attached hydrogen (secondary N) is 2. The molecule has 0 aliphatic heterocycles. The van der Waals surface area contributed by atoms with Crippen molar-refractivity contribution in [3.63, 3.8) is 0 Å². The zero-order chi connectivity index (χ0) is 18.2. The van der Waals surface area contributed by atoms with Crippen molar-refractivity contribution in [2.24, 2.45) is 0 Å². The van der Waals surface area contributed by atoms with E-state index in [2.05, 4.69) is 5.32 Å². The van der Waals surface area contributed by atoms with E-state index < -0.39 is 30.6 Å². The Labute approximate surface area is 138 Å². The fourth-order valence-corrected chi connectivity index (χ4v) is 1.90. The standard InChI is InChI=1S/C16H21F3N2O3/c1-3-24-13-7-4-12(5-8-13)6-9-14(22)21-11(2)15(23)20-10-16(17,18)19/h4-5,7-8,11H,3,6,9-10H2,1-2H3,(H,20,23)(H,21,22). The molecular formula is C16H21F3N2O3. The molecule has 5 nitrogen and oxygen atoms in total. The fourth-order valence-electron chi connectivity index (χ4n) is 1.90. The molecule has 134 valence electrons. The monoisotopic (exact) mass is 346 g/mol. The van der Waals surface area contributed by atoms with Crippen molar-refractivity contribution in [1.29, 1.82) is 0 Å². The second-order valence-corrected chi connectivity index (χ2v) is 5.20. The van der Waals surface area contributed by atoms with Gasteiger partial charge in [-0.2, -0.15) is 13.2 Å². The van der Waals surface area contributed by atoms with E-state index in [1.807, 2.05) is 19.1 Å². The highest BCUT2D eigenvalue weighted by Crippen LogP contribution is 2.13. The van der Waals surface area contributed by atoms with Crippen LogP contribution in [0.25, 0.3) is 0 Å². The zero-order valence-electron chi connectivity index (χ0n) is 13.6. The van der Waals surface area contributed by atoms with Crippen molar-refractivity contribution in [2.45, 2.75) is 38.9 Å². The van der Waals surface area contributed by atoms with Crippen LogP contribution in [0.2, 0.25) is 0 Å². The fraction of sp³-hybridized carbons (Fsp3) is 0.500. The largest absolute Gasteiger partial charge is 0.494 e. The molecule has 0 saturated carbocycles. The van der Waals surface area contributed by atoms with Crippen molar-refractivity contribution in [3.8, 4) is 5.75 Å². The first kappa shape index (κ1) is 19.8. The molecule has 1 atom stereocenters. The second kappa shape index (κ2) is 9.14. The summed E-state index contributed by atoms with van der Waals surface area (Å²) in [7, 11) is 0. The summed E-state index contributed by atoms with van der Waals surface area (Å²) < 4.78 is 41.4. The Bertz CT molecular complexity index is 544. The number of alkyl halides is 3. The lowest BCUT2D eigenvalue weighted by Crippen LogP contribution is -2.47. The zero-order valence-corrected chi connectivity index (χ0v) is 13.6. The Kier molecular flexibility index (Phi) is 7.54. The van der Waals surface area contributed by atoms with Crippen molar-refractivity contribution >= 4 is 11.8 Å². The highest BCUT2D eigenvalue weighted by molar-refractivity contribution is 5.87. The molecule has 0 bridgehead atoms. The summed E-state index contributed by atoms with van der Waals surface area (Å²) in [4.78, 5) is 23.2. The molecule has 1 aromatic carbocycles. The van der Waals surface area contributed by atoms with Crippen LogP contribution < -0.4 is 15.4 Å². The summed E-state index contributed by atoms with van der Waals surface area (Å²) in [5.41, 5.74) is 0.919. The summed E-state index contributed by atoms with van der Waals surface area (Å²) in [5, 5.41) is 4.10. The number of carbonyl (C=O) groups excluding carboxylic acids is 2. The number of amides is 2. The third-order valence-electron chi connectivity index (χ3n) is 3.11. The SMILES string of the molecule is CCOc1ccc(CCC(=O)NC(C)C(=O)NCC(F)(F)F)cc1. The van der Waals surface area contributed by atoms with Crippen LogP contribution in [0.15, 0.2) is 24.3 Å². The van der Waals surface area contributed by atoms with Crippen molar-refractivity contribution in [1.82, 2.24) is 10.6 Å². The van der Waals surface area contributed by atoms with E-state index in [0.717, 1.165) is 11.3 Å². The van der Waals surface area contributed by atoms with Gasteiger partial charge in [-0.1, -0.05) is 12.1 Å². The maximum Gasteiger partial charge on any atom is 0.405 e. The summed E-state index contributed by atoms with van der Waals surface area (Å²) in [6.45, 7) is 2.36. The van der Waals surface area contributed by atoms with Crippen LogP contribution in [-0.4, -0.2) is 37.2 Å². The van der Waals surface area contributed by atoms with Gasteiger partial charge >= 0.3 is 6.18 Å². The average Bonchev–Trinajstić information content (AvgIpc) is 2.51. The van der Waals surface area contributed by atoms with Crippen LogP contribution in [0, 0.1) is 0 Å². The molecule has 0 aliphatic carbocycles. The van der Waals surface area contributed by atoms with Crippen LogP contribution in [0.1, 0.15) is 25.8 Å². The number of ether oxygens (including phenoxy) is 1. The van der Waals surface area contributed by atoms with Crippen LogP contribution in [0.5, 0.6) is 5.75 Å². The number of hydrogen-bond acceptors (Lipinski definition) is 3. The van der Waals surface area contributed by atoms with Crippen LogP contribution in [-0.2, 0) is 16.0 Å². The summed E-state index contributed by atoms with van der Waals surface area (Å²) >= 11 is 0. The van der Waals surface area contributed by atoms with Gasteiger partial charge in [0, 0.05) is 6.42 Å². The van der Waals surface area contributed by atoms with Crippen LogP contribution in [0.4, 0.5) is 13.2 Å². The van der Waals surface area contributed by atoms with Crippen molar-refractivity contribution < 1.29 is 27.5 Å². The van der Waals surface area contributed by atoms with Gasteiger partial charge in [0.2, 0.25) is 11.8 Å². The number of benzene rings is 1. The van der Waals surface area contributed by atoms with Gasteiger partial charge in [-0.15, -0.1) is 0 Å². The normalized spacial score (nSPS) is 12.4. The Morgan fingerprint density at radius 2 is 1.83 bits per heavy atom. The predicted octanol–water partition coefficient (Wildman–Crippen LogP) is 2.20. The molecule has 2 N–H and O–H groups in total. The first-order chi connectivity index (χ1) is 11.2. The van der Waals surface area contributed by atoms with Gasteiger partial charge in [0.25, 0.3) is 0 Å². The molecule has 24 heavy (non-hydrogen) atoms.